The van der Waals surface area contributed by atoms with Crippen molar-refractivity contribution in [1.82, 2.24) is 9.97 Å². The molecule has 3 heterocycles. The molecule has 0 N–H and O–H groups in total. The van der Waals surface area contributed by atoms with Gasteiger partial charge in [-0.25, -0.2) is 14.8 Å². The minimum atomic E-state index is -0.260. The molecule has 6 heteroatoms. The van der Waals surface area contributed by atoms with Crippen LogP contribution >= 0.6 is 11.3 Å². The molecule has 1 fully saturated rings. The standard InChI is InChI=1S/C17H23N3O2S/c1-5-22-17(21)14-11(3)13-15(18-12(4)19-16(13)23-14)20-8-6-10(2)7-9-20/h10H,5-9H2,1-4H3. The number of aromatic nitrogens is 2. The minimum absolute atomic E-state index is 0.260. The normalized spacial score (nSPS) is 16.1. The van der Waals surface area contributed by atoms with Crippen molar-refractivity contribution < 1.29 is 9.53 Å². The molecule has 1 aliphatic rings. The van der Waals surface area contributed by atoms with Crippen molar-refractivity contribution in [1.29, 1.82) is 0 Å². The van der Waals surface area contributed by atoms with E-state index in [0.717, 1.165) is 46.4 Å². The quantitative estimate of drug-likeness (QED) is 0.801. The fourth-order valence-electron chi connectivity index (χ4n) is 3.06. The van der Waals surface area contributed by atoms with Crippen LogP contribution in [0.15, 0.2) is 0 Å². The van der Waals surface area contributed by atoms with Crippen LogP contribution in [0.2, 0.25) is 0 Å². The highest BCUT2D eigenvalue weighted by atomic mass is 32.1. The molecule has 2 aromatic heterocycles. The zero-order valence-corrected chi connectivity index (χ0v) is 15.0. The molecule has 23 heavy (non-hydrogen) atoms. The number of thiophene rings is 1. The summed E-state index contributed by atoms with van der Waals surface area (Å²) in [5.74, 6) is 2.23. The van der Waals surface area contributed by atoms with E-state index < -0.39 is 0 Å². The maximum Gasteiger partial charge on any atom is 0.348 e. The summed E-state index contributed by atoms with van der Waals surface area (Å²) in [6.45, 7) is 10.4. The molecule has 1 saturated heterocycles. The van der Waals surface area contributed by atoms with Crippen molar-refractivity contribution in [3.05, 3.63) is 16.3 Å². The zero-order valence-electron chi connectivity index (χ0n) is 14.2. The highest BCUT2D eigenvalue weighted by Crippen LogP contribution is 2.37. The van der Waals surface area contributed by atoms with Gasteiger partial charge in [-0.05, 0) is 45.1 Å². The van der Waals surface area contributed by atoms with Gasteiger partial charge in [0.2, 0.25) is 0 Å². The van der Waals surface area contributed by atoms with Crippen molar-refractivity contribution in [2.24, 2.45) is 5.92 Å². The van der Waals surface area contributed by atoms with E-state index in [0.29, 0.717) is 11.5 Å². The number of carbonyl (C=O) groups excluding carboxylic acids is 1. The predicted molar refractivity (Wildman–Crippen MR) is 93.5 cm³/mol. The highest BCUT2D eigenvalue weighted by molar-refractivity contribution is 7.20. The summed E-state index contributed by atoms with van der Waals surface area (Å²) >= 11 is 1.41. The van der Waals surface area contributed by atoms with Gasteiger partial charge in [-0.1, -0.05) is 6.92 Å². The van der Waals surface area contributed by atoms with Gasteiger partial charge in [-0.3, -0.25) is 0 Å². The van der Waals surface area contributed by atoms with E-state index in [2.05, 4.69) is 16.8 Å². The number of anilines is 1. The van der Waals surface area contributed by atoms with Gasteiger partial charge in [-0.15, -0.1) is 11.3 Å². The highest BCUT2D eigenvalue weighted by Gasteiger charge is 2.25. The Morgan fingerprint density at radius 2 is 2.00 bits per heavy atom. The molecule has 2 aromatic rings. The summed E-state index contributed by atoms with van der Waals surface area (Å²) in [5, 5.41) is 1.01. The van der Waals surface area contributed by atoms with Crippen LogP contribution in [0.25, 0.3) is 10.2 Å². The molecule has 0 amide bonds. The number of rotatable bonds is 3. The summed E-state index contributed by atoms with van der Waals surface area (Å²) in [7, 11) is 0. The molecule has 0 spiro atoms. The Balaban J connectivity index is 2.08. The second-order valence-electron chi connectivity index (χ2n) is 6.22. The average molecular weight is 333 g/mol. The van der Waals surface area contributed by atoms with E-state index >= 15 is 0 Å². The van der Waals surface area contributed by atoms with Crippen molar-refractivity contribution >= 4 is 33.3 Å². The van der Waals surface area contributed by atoms with Crippen LogP contribution in [-0.4, -0.2) is 35.6 Å². The Morgan fingerprint density at radius 1 is 1.30 bits per heavy atom. The molecule has 0 aromatic carbocycles. The van der Waals surface area contributed by atoms with Gasteiger partial charge < -0.3 is 9.64 Å². The fraction of sp³-hybridized carbons (Fsp3) is 0.588. The minimum Gasteiger partial charge on any atom is -0.462 e. The van der Waals surface area contributed by atoms with Crippen molar-refractivity contribution in [2.75, 3.05) is 24.6 Å². The second kappa shape index (κ2) is 6.43. The third kappa shape index (κ3) is 3.04. The van der Waals surface area contributed by atoms with E-state index in [4.69, 9.17) is 9.72 Å². The molecular weight excluding hydrogens is 310 g/mol. The Hall–Kier alpha value is -1.69. The molecule has 3 rings (SSSR count). The first-order valence-electron chi connectivity index (χ1n) is 8.21. The monoisotopic (exact) mass is 333 g/mol. The van der Waals surface area contributed by atoms with Crippen molar-refractivity contribution in [3.8, 4) is 0 Å². The third-order valence-corrected chi connectivity index (χ3v) is 5.59. The van der Waals surface area contributed by atoms with Crippen LogP contribution < -0.4 is 4.90 Å². The number of esters is 1. The number of fused-ring (bicyclic) bond motifs is 1. The lowest BCUT2D eigenvalue weighted by molar-refractivity contribution is 0.0531. The van der Waals surface area contributed by atoms with Gasteiger partial charge in [0.1, 0.15) is 21.3 Å². The first-order chi connectivity index (χ1) is 11.0. The summed E-state index contributed by atoms with van der Waals surface area (Å²) in [4.78, 5) is 25.3. The summed E-state index contributed by atoms with van der Waals surface area (Å²) in [5.41, 5.74) is 0.942. The lowest BCUT2D eigenvalue weighted by Crippen LogP contribution is -2.33. The Labute approximate surface area is 140 Å². The van der Waals surface area contributed by atoms with E-state index in [-0.39, 0.29) is 5.97 Å². The largest absolute Gasteiger partial charge is 0.462 e. The van der Waals surface area contributed by atoms with E-state index in [9.17, 15) is 4.79 Å². The van der Waals surface area contributed by atoms with Gasteiger partial charge in [-0.2, -0.15) is 0 Å². The van der Waals surface area contributed by atoms with Gasteiger partial charge in [0, 0.05) is 13.1 Å². The molecule has 0 radical (unpaired) electrons. The SMILES string of the molecule is CCOC(=O)c1sc2nc(C)nc(N3CCC(C)CC3)c2c1C. The number of ether oxygens (including phenoxy) is 1. The van der Waals surface area contributed by atoms with Gasteiger partial charge in [0.05, 0.1) is 12.0 Å². The second-order valence-corrected chi connectivity index (χ2v) is 7.22. The molecule has 0 bridgehead atoms. The van der Waals surface area contributed by atoms with Crippen molar-refractivity contribution in [3.63, 3.8) is 0 Å². The van der Waals surface area contributed by atoms with E-state index in [1.165, 1.54) is 24.2 Å². The zero-order chi connectivity index (χ0) is 16.6. The lowest BCUT2D eigenvalue weighted by Gasteiger charge is -2.31. The Kier molecular flexibility index (Phi) is 4.53. The molecule has 0 saturated carbocycles. The molecule has 124 valence electrons. The number of hydrogen-bond acceptors (Lipinski definition) is 6. The third-order valence-electron chi connectivity index (χ3n) is 4.43. The smallest absolute Gasteiger partial charge is 0.348 e. The van der Waals surface area contributed by atoms with Gasteiger partial charge in [0.15, 0.2) is 0 Å². The first kappa shape index (κ1) is 16.2. The van der Waals surface area contributed by atoms with Gasteiger partial charge >= 0.3 is 5.97 Å². The first-order valence-corrected chi connectivity index (χ1v) is 9.02. The van der Waals surface area contributed by atoms with Crippen LogP contribution in [0, 0.1) is 19.8 Å². The van der Waals surface area contributed by atoms with Gasteiger partial charge in [0.25, 0.3) is 0 Å². The maximum absolute atomic E-state index is 12.2. The predicted octanol–water partition coefficient (Wildman–Crippen LogP) is 3.72. The molecule has 0 atom stereocenters. The number of piperidine rings is 1. The average Bonchev–Trinajstić information content (AvgIpc) is 2.84. The Morgan fingerprint density at radius 3 is 2.65 bits per heavy atom. The van der Waals surface area contributed by atoms with E-state index in [1.54, 1.807) is 0 Å². The Bertz CT molecular complexity index is 733. The maximum atomic E-state index is 12.2. The summed E-state index contributed by atoms with van der Waals surface area (Å²) < 4.78 is 5.18. The number of carbonyl (C=O) groups is 1. The fourth-order valence-corrected chi connectivity index (χ4v) is 4.18. The number of hydrogen-bond donors (Lipinski definition) is 0. The molecular formula is C17H23N3O2S. The summed E-state index contributed by atoms with van der Waals surface area (Å²) in [6, 6.07) is 0. The topological polar surface area (TPSA) is 55.3 Å². The molecule has 5 nitrogen and oxygen atoms in total. The molecule has 0 aliphatic carbocycles. The van der Waals surface area contributed by atoms with E-state index in [1.807, 2.05) is 20.8 Å². The summed E-state index contributed by atoms with van der Waals surface area (Å²) in [6.07, 6.45) is 2.36. The molecule has 0 unspecified atom stereocenters. The van der Waals surface area contributed by atoms with Crippen LogP contribution in [0.3, 0.4) is 0 Å². The van der Waals surface area contributed by atoms with Crippen LogP contribution in [-0.2, 0) is 4.74 Å². The van der Waals surface area contributed by atoms with Crippen LogP contribution in [0.4, 0.5) is 5.82 Å². The number of nitrogens with zero attached hydrogens (tertiary/aromatic N) is 3. The number of aryl methyl sites for hydroxylation is 2. The van der Waals surface area contributed by atoms with Crippen LogP contribution in [0.1, 0.15) is 47.7 Å². The van der Waals surface area contributed by atoms with Crippen LogP contribution in [0.5, 0.6) is 0 Å². The van der Waals surface area contributed by atoms with Crippen molar-refractivity contribution in [2.45, 2.75) is 40.5 Å². The molecule has 1 aliphatic heterocycles. The lowest BCUT2D eigenvalue weighted by atomic mass is 9.99.